The number of para-hydroxylation sites is 1. The lowest BCUT2D eigenvalue weighted by Gasteiger charge is -2.33. The Bertz CT molecular complexity index is 942. The van der Waals surface area contributed by atoms with Crippen molar-refractivity contribution in [3.8, 4) is 5.75 Å². The summed E-state index contributed by atoms with van der Waals surface area (Å²) >= 11 is 1.27. The zero-order chi connectivity index (χ0) is 21.9. The van der Waals surface area contributed by atoms with E-state index in [2.05, 4.69) is 38.2 Å². The molecule has 3 aliphatic rings. The van der Waals surface area contributed by atoms with Crippen LogP contribution in [0.2, 0.25) is 0 Å². The van der Waals surface area contributed by atoms with Gasteiger partial charge in [0.1, 0.15) is 11.6 Å². The summed E-state index contributed by atoms with van der Waals surface area (Å²) in [4.78, 5) is 14.9. The largest absolute Gasteiger partial charge is 0.493 e. The molecule has 0 spiro atoms. The number of benzene rings is 2. The number of carbonyl (C=O) groups excluding carboxylic acids is 1. The maximum atomic E-state index is 14.8. The van der Waals surface area contributed by atoms with Crippen molar-refractivity contribution in [2.45, 2.75) is 38.0 Å². The normalized spacial score (nSPS) is 19.5. The summed E-state index contributed by atoms with van der Waals surface area (Å²) in [5, 5.41) is 0. The summed E-state index contributed by atoms with van der Waals surface area (Å²) in [6, 6.07) is 13.6. The molecule has 1 N–H and O–H groups in total. The Morgan fingerprint density at radius 3 is 2.47 bits per heavy atom. The van der Waals surface area contributed by atoms with E-state index in [0.717, 1.165) is 63.8 Å². The van der Waals surface area contributed by atoms with Crippen LogP contribution < -0.4 is 14.4 Å². The van der Waals surface area contributed by atoms with E-state index in [0.29, 0.717) is 24.2 Å². The lowest BCUT2D eigenvalue weighted by molar-refractivity contribution is 0.0978. The first kappa shape index (κ1) is 21.6. The molecule has 170 valence electrons. The smallest absolute Gasteiger partial charge is 0.265 e. The minimum Gasteiger partial charge on any atom is -0.493 e. The van der Waals surface area contributed by atoms with Crippen molar-refractivity contribution < 1.29 is 13.9 Å². The quantitative estimate of drug-likeness (QED) is 0.568. The second kappa shape index (κ2) is 9.71. The molecule has 2 aromatic rings. The van der Waals surface area contributed by atoms with Gasteiger partial charge in [0.2, 0.25) is 0 Å². The molecule has 2 heterocycles. The van der Waals surface area contributed by atoms with Crippen molar-refractivity contribution >= 4 is 23.7 Å². The van der Waals surface area contributed by atoms with Crippen LogP contribution in [0.1, 0.15) is 53.9 Å². The second-order valence-corrected chi connectivity index (χ2v) is 9.93. The van der Waals surface area contributed by atoms with Crippen molar-refractivity contribution in [2.75, 3.05) is 37.7 Å². The van der Waals surface area contributed by atoms with E-state index in [1.54, 1.807) is 6.07 Å². The molecule has 0 bridgehead atoms. The van der Waals surface area contributed by atoms with Crippen LogP contribution in [-0.2, 0) is 0 Å². The lowest BCUT2D eigenvalue weighted by Crippen LogP contribution is -2.35. The lowest BCUT2D eigenvalue weighted by atomic mass is 9.97. The van der Waals surface area contributed by atoms with Gasteiger partial charge in [-0.1, -0.05) is 18.2 Å². The first-order valence-electron chi connectivity index (χ1n) is 11.7. The van der Waals surface area contributed by atoms with E-state index in [4.69, 9.17) is 4.74 Å². The third-order valence-corrected chi connectivity index (χ3v) is 7.55. The van der Waals surface area contributed by atoms with Crippen LogP contribution in [0.3, 0.4) is 0 Å². The Kier molecular flexibility index (Phi) is 6.55. The van der Waals surface area contributed by atoms with E-state index in [9.17, 15) is 9.18 Å². The fraction of sp³-hybridized carbons (Fsp3) is 0.480. The van der Waals surface area contributed by atoms with Gasteiger partial charge in [0.05, 0.1) is 12.2 Å². The number of hydrogen-bond acceptors (Lipinski definition) is 5. The number of anilines is 1. The van der Waals surface area contributed by atoms with E-state index in [-0.39, 0.29) is 11.5 Å². The molecule has 1 saturated carbocycles. The molecule has 5 nitrogen and oxygen atoms in total. The summed E-state index contributed by atoms with van der Waals surface area (Å²) in [5.74, 6) is 0.565. The zero-order valence-corrected chi connectivity index (χ0v) is 19.1. The Morgan fingerprint density at radius 1 is 1.06 bits per heavy atom. The highest BCUT2D eigenvalue weighted by atomic mass is 32.2. The van der Waals surface area contributed by atoms with Crippen LogP contribution >= 0.6 is 12.1 Å². The molecule has 3 fully saturated rings. The Hall–Kier alpha value is -2.25. The molecule has 1 amide bonds. The van der Waals surface area contributed by atoms with E-state index >= 15 is 0 Å². The van der Waals surface area contributed by atoms with Crippen LogP contribution in [0, 0.1) is 11.7 Å². The number of nitrogens with one attached hydrogen (secondary N) is 1. The first-order chi connectivity index (χ1) is 15.7. The van der Waals surface area contributed by atoms with E-state index < -0.39 is 5.82 Å². The average molecular weight is 456 g/mol. The van der Waals surface area contributed by atoms with E-state index in [1.165, 1.54) is 23.9 Å². The minimum absolute atomic E-state index is 0.114. The highest BCUT2D eigenvalue weighted by molar-refractivity contribution is 7.95. The van der Waals surface area contributed by atoms with Crippen LogP contribution in [0.15, 0.2) is 42.5 Å². The number of rotatable bonds is 8. The SMILES string of the molecule is O=C(NSN1CCC1)c1cc(C2CC2)c(OCC2CCN(c3ccccc3)CC2)cc1F. The van der Waals surface area contributed by atoms with Crippen molar-refractivity contribution in [2.24, 2.45) is 5.92 Å². The van der Waals surface area contributed by atoms with Crippen molar-refractivity contribution in [1.82, 2.24) is 9.03 Å². The minimum atomic E-state index is -0.509. The van der Waals surface area contributed by atoms with Crippen LogP contribution in [0.4, 0.5) is 10.1 Å². The third kappa shape index (κ3) is 5.04. The van der Waals surface area contributed by atoms with Crippen LogP contribution in [0.25, 0.3) is 0 Å². The van der Waals surface area contributed by atoms with Gasteiger partial charge in [-0.25, -0.2) is 8.70 Å². The molecule has 2 aromatic carbocycles. The number of carbonyl (C=O) groups is 1. The first-order valence-corrected chi connectivity index (χ1v) is 12.4. The Labute approximate surface area is 193 Å². The number of ether oxygens (including phenoxy) is 1. The van der Waals surface area contributed by atoms with Crippen molar-refractivity contribution in [1.29, 1.82) is 0 Å². The predicted molar refractivity (Wildman–Crippen MR) is 126 cm³/mol. The number of hydrogen-bond donors (Lipinski definition) is 1. The maximum absolute atomic E-state index is 14.8. The predicted octanol–water partition coefficient (Wildman–Crippen LogP) is 5.00. The summed E-state index contributed by atoms with van der Waals surface area (Å²) in [6.45, 7) is 4.53. The van der Waals surface area contributed by atoms with Crippen molar-refractivity contribution in [3.05, 3.63) is 59.4 Å². The average Bonchev–Trinajstić information content (AvgIpc) is 3.63. The molecule has 0 aromatic heterocycles. The van der Waals surface area contributed by atoms with Gasteiger partial charge in [-0.05, 0) is 67.7 Å². The summed E-state index contributed by atoms with van der Waals surface area (Å²) in [7, 11) is 0. The highest BCUT2D eigenvalue weighted by Gasteiger charge is 2.30. The summed E-state index contributed by atoms with van der Waals surface area (Å²) in [5.41, 5.74) is 2.36. The second-order valence-electron chi connectivity index (χ2n) is 9.03. The molecule has 5 rings (SSSR count). The maximum Gasteiger partial charge on any atom is 0.265 e. The molecule has 0 atom stereocenters. The molecule has 7 heteroatoms. The number of piperidine rings is 1. The molecule has 2 saturated heterocycles. The molecular formula is C25H30FN3O2S. The van der Waals surface area contributed by atoms with Gasteiger partial charge in [0.15, 0.2) is 0 Å². The molecule has 2 aliphatic heterocycles. The van der Waals surface area contributed by atoms with Gasteiger partial charge in [0, 0.05) is 50.1 Å². The molecule has 32 heavy (non-hydrogen) atoms. The van der Waals surface area contributed by atoms with Gasteiger partial charge in [-0.15, -0.1) is 0 Å². The summed E-state index contributed by atoms with van der Waals surface area (Å²) in [6.07, 6.45) is 5.40. The number of halogens is 1. The number of nitrogens with zero attached hydrogens (tertiary/aromatic N) is 2. The third-order valence-electron chi connectivity index (χ3n) is 6.65. The standard InChI is InChI=1S/C25H30FN3O2S/c26-23-16-24(31-17-18-9-13-28(14-10-18)20-5-2-1-3-6-20)21(19-7-8-19)15-22(23)25(30)27-32-29-11-4-12-29/h1-3,5-6,15-16,18-19H,4,7-14,17H2,(H,27,30). The molecule has 1 aliphatic carbocycles. The van der Waals surface area contributed by atoms with E-state index in [1.807, 2.05) is 6.07 Å². The zero-order valence-electron chi connectivity index (χ0n) is 18.3. The van der Waals surface area contributed by atoms with Crippen molar-refractivity contribution in [3.63, 3.8) is 0 Å². The van der Waals surface area contributed by atoms with Gasteiger partial charge in [0.25, 0.3) is 5.91 Å². The van der Waals surface area contributed by atoms with Crippen LogP contribution in [-0.4, -0.2) is 43.0 Å². The fourth-order valence-electron chi connectivity index (χ4n) is 4.33. The Balaban J connectivity index is 1.19. The molecular weight excluding hydrogens is 425 g/mol. The fourth-order valence-corrected chi connectivity index (χ4v) is 5.09. The monoisotopic (exact) mass is 455 g/mol. The van der Waals surface area contributed by atoms with Gasteiger partial charge in [-0.3, -0.25) is 9.52 Å². The number of amides is 1. The van der Waals surface area contributed by atoms with Gasteiger partial charge in [-0.2, -0.15) is 0 Å². The topological polar surface area (TPSA) is 44.8 Å². The summed E-state index contributed by atoms with van der Waals surface area (Å²) < 4.78 is 25.8. The highest BCUT2D eigenvalue weighted by Crippen LogP contribution is 2.45. The van der Waals surface area contributed by atoms with Gasteiger partial charge >= 0.3 is 0 Å². The molecule has 0 unspecified atom stereocenters. The van der Waals surface area contributed by atoms with Crippen LogP contribution in [0.5, 0.6) is 5.75 Å². The molecule has 0 radical (unpaired) electrons. The Morgan fingerprint density at radius 2 is 1.81 bits per heavy atom. The van der Waals surface area contributed by atoms with Gasteiger partial charge < -0.3 is 9.64 Å².